The number of hydrogen-bond acceptors (Lipinski definition) is 3. The Kier molecular flexibility index (Phi) is 79.4. The van der Waals surface area contributed by atoms with Crippen molar-refractivity contribution in [3.05, 3.63) is 0 Å². The maximum atomic E-state index is 8.75. The van der Waals surface area contributed by atoms with E-state index in [1.165, 1.54) is 353 Å². The second kappa shape index (κ2) is 74.8. The quantitative estimate of drug-likeness (QED) is 0.0533. The van der Waals surface area contributed by atoms with Crippen LogP contribution in [0.5, 0.6) is 0 Å². The van der Waals surface area contributed by atoms with Gasteiger partial charge in [-0.15, -0.1) is 0 Å². The molecule has 0 saturated heterocycles. The summed E-state index contributed by atoms with van der Waals surface area (Å²) in [5.41, 5.74) is 0. The van der Waals surface area contributed by atoms with Crippen LogP contribution in [0.25, 0.3) is 0 Å². The van der Waals surface area contributed by atoms with E-state index in [1.807, 2.05) is 0 Å². The molecule has 0 aliphatic heterocycles. The fourth-order valence-electron chi connectivity index (χ4n) is 9.75. The summed E-state index contributed by atoms with van der Waals surface area (Å²) in [5.74, 6) is 0. The van der Waals surface area contributed by atoms with Gasteiger partial charge in [-0.25, -0.2) is 0 Å². The van der Waals surface area contributed by atoms with E-state index in [4.69, 9.17) is 15.3 Å². The lowest BCUT2D eigenvalue weighted by molar-refractivity contribution is 0.282. The molecule has 0 aliphatic carbocycles. The van der Waals surface area contributed by atoms with Crippen LogP contribution in [0.1, 0.15) is 393 Å². The van der Waals surface area contributed by atoms with E-state index in [2.05, 4.69) is 20.8 Å². The van der Waals surface area contributed by atoms with Gasteiger partial charge >= 0.3 is 0 Å². The van der Waals surface area contributed by atoms with Crippen molar-refractivity contribution in [2.24, 2.45) is 0 Å². The van der Waals surface area contributed by atoms with E-state index in [0.717, 1.165) is 19.3 Å². The summed E-state index contributed by atoms with van der Waals surface area (Å²) in [6, 6.07) is 0. The van der Waals surface area contributed by atoms with Gasteiger partial charge in [0.1, 0.15) is 0 Å². The van der Waals surface area contributed by atoms with Crippen molar-refractivity contribution in [1.29, 1.82) is 0 Å². The monoisotopic (exact) mass is 951 g/mol. The van der Waals surface area contributed by atoms with Gasteiger partial charge < -0.3 is 15.3 Å². The van der Waals surface area contributed by atoms with Crippen molar-refractivity contribution < 1.29 is 15.3 Å². The third kappa shape index (κ3) is 80.2. The van der Waals surface area contributed by atoms with Crippen LogP contribution in [0.3, 0.4) is 0 Å². The molecule has 0 fully saturated rings. The summed E-state index contributed by atoms with van der Waals surface area (Å²) >= 11 is 0. The highest BCUT2D eigenvalue weighted by Gasteiger charge is 1.99. The molecule has 0 aromatic carbocycles. The average molecular weight is 952 g/mol. The highest BCUT2D eigenvalue weighted by Crippen LogP contribution is 2.18. The largest absolute Gasteiger partial charge is 0.396 e. The van der Waals surface area contributed by atoms with Gasteiger partial charge in [-0.3, -0.25) is 0 Å². The Labute approximate surface area is 426 Å². The number of hydrogen-bond donors (Lipinski definition) is 3. The van der Waals surface area contributed by atoms with Gasteiger partial charge in [0.2, 0.25) is 0 Å². The van der Waals surface area contributed by atoms with Crippen LogP contribution in [0.2, 0.25) is 0 Å². The lowest BCUT2D eigenvalue weighted by Gasteiger charge is -2.04. The minimum Gasteiger partial charge on any atom is -0.396 e. The molecule has 0 aromatic rings. The topological polar surface area (TPSA) is 60.7 Å². The Morgan fingerprint density at radius 3 is 0.269 bits per heavy atom. The molecule has 0 saturated carbocycles. The zero-order valence-electron chi connectivity index (χ0n) is 47.5. The fraction of sp³-hybridized carbons (Fsp3) is 1.00. The maximum absolute atomic E-state index is 8.75. The molecule has 3 nitrogen and oxygen atoms in total. The van der Waals surface area contributed by atoms with E-state index >= 15 is 0 Å². The van der Waals surface area contributed by atoms with Gasteiger partial charge in [0.15, 0.2) is 0 Å². The summed E-state index contributed by atoms with van der Waals surface area (Å²) in [7, 11) is 0. The highest BCUT2D eigenvalue weighted by molar-refractivity contribution is 4.54. The Bertz CT molecular complexity index is 683. The molecule has 0 unspecified atom stereocenters. The molecular formula is C64H134O3. The van der Waals surface area contributed by atoms with Crippen LogP contribution in [0.15, 0.2) is 0 Å². The summed E-state index contributed by atoms with van der Waals surface area (Å²) in [6.07, 6.45) is 81.4. The molecule has 0 radical (unpaired) electrons. The molecule has 0 spiro atoms. The van der Waals surface area contributed by atoms with Crippen molar-refractivity contribution >= 4 is 0 Å². The molecular weight excluding hydrogens is 817 g/mol. The molecule has 0 heterocycles. The van der Waals surface area contributed by atoms with Crippen LogP contribution < -0.4 is 0 Å². The smallest absolute Gasteiger partial charge is 0.0431 e. The first-order valence-electron chi connectivity index (χ1n) is 32.1. The zero-order chi connectivity index (χ0) is 49.1. The number of aliphatic hydroxyl groups excluding tert-OH is 3. The van der Waals surface area contributed by atoms with Gasteiger partial charge in [-0.2, -0.15) is 0 Å². The van der Waals surface area contributed by atoms with E-state index in [0.29, 0.717) is 19.8 Å². The molecule has 67 heavy (non-hydrogen) atoms. The van der Waals surface area contributed by atoms with Crippen LogP contribution >= 0.6 is 0 Å². The average Bonchev–Trinajstić information content (AvgIpc) is 3.34. The molecule has 3 heteroatoms. The summed E-state index contributed by atoms with van der Waals surface area (Å²) in [5, 5.41) is 26.1. The Hall–Kier alpha value is -0.120. The van der Waals surface area contributed by atoms with E-state index in [1.54, 1.807) is 0 Å². The molecule has 0 aliphatic rings. The predicted octanol–water partition coefficient (Wildman–Crippen LogP) is 22.6. The van der Waals surface area contributed by atoms with Crippen molar-refractivity contribution in [3.63, 3.8) is 0 Å². The number of unbranched alkanes of at least 4 members (excludes halogenated alkanes) is 55. The van der Waals surface area contributed by atoms with Gasteiger partial charge in [0.05, 0.1) is 0 Å². The van der Waals surface area contributed by atoms with Crippen LogP contribution in [0.4, 0.5) is 0 Å². The second-order valence-electron chi connectivity index (χ2n) is 21.6. The molecule has 0 atom stereocenters. The summed E-state index contributed by atoms with van der Waals surface area (Å²) < 4.78 is 0. The minimum atomic E-state index is 0.372. The molecule has 3 N–H and O–H groups in total. The first-order chi connectivity index (χ1) is 33.2. The van der Waals surface area contributed by atoms with Crippen molar-refractivity contribution in [2.75, 3.05) is 19.8 Å². The third-order valence-electron chi connectivity index (χ3n) is 14.5. The van der Waals surface area contributed by atoms with Gasteiger partial charge in [0.25, 0.3) is 0 Å². The molecule has 408 valence electrons. The van der Waals surface area contributed by atoms with Crippen molar-refractivity contribution in [1.82, 2.24) is 0 Å². The minimum absolute atomic E-state index is 0.372. The lowest BCUT2D eigenvalue weighted by Crippen LogP contribution is -1.85. The van der Waals surface area contributed by atoms with Crippen LogP contribution in [0, 0.1) is 0 Å². The van der Waals surface area contributed by atoms with Crippen LogP contribution in [-0.2, 0) is 0 Å². The SMILES string of the molecule is CCCCCCCCCCCCCCCCCCCCCCCCCCCCO.CCCCCCCCCCCCCCCCCCCCCCO.CCCCCCCCCCCCCCO. The lowest BCUT2D eigenvalue weighted by atomic mass is 10.0. The molecule has 0 amide bonds. The first kappa shape index (κ1) is 71.1. The standard InChI is InChI=1S/C28H58O.C22H46O.C14H30O/c1-2-3-4-5-6-7-8-9-10-11-12-13-14-15-16-17-18-19-20-21-22-23-24-25-26-27-28-29;1-2-3-4-5-6-7-8-9-10-11-12-13-14-15-16-17-18-19-20-21-22-23;1-2-3-4-5-6-7-8-9-10-11-12-13-14-15/h29H,2-28H2,1H3;23H,2-22H2,1H3;15H,2-14H2,1H3. The fourth-order valence-corrected chi connectivity index (χ4v) is 9.75. The normalized spacial score (nSPS) is 11.2. The van der Waals surface area contributed by atoms with Gasteiger partial charge in [0, 0.05) is 19.8 Å². The van der Waals surface area contributed by atoms with Gasteiger partial charge in [-0.05, 0) is 19.3 Å². The summed E-state index contributed by atoms with van der Waals surface area (Å²) in [6.45, 7) is 7.98. The predicted molar refractivity (Wildman–Crippen MR) is 306 cm³/mol. The van der Waals surface area contributed by atoms with Crippen molar-refractivity contribution in [3.8, 4) is 0 Å². The van der Waals surface area contributed by atoms with Crippen molar-refractivity contribution in [2.45, 2.75) is 393 Å². The Balaban J connectivity index is -0.000000964. The summed E-state index contributed by atoms with van der Waals surface area (Å²) in [4.78, 5) is 0. The zero-order valence-corrected chi connectivity index (χ0v) is 47.5. The second-order valence-corrected chi connectivity index (χ2v) is 21.6. The number of rotatable bonds is 58. The molecule has 0 aromatic heterocycles. The third-order valence-corrected chi connectivity index (χ3v) is 14.5. The molecule has 0 rings (SSSR count). The highest BCUT2D eigenvalue weighted by atomic mass is 16.3. The van der Waals surface area contributed by atoms with Crippen LogP contribution in [-0.4, -0.2) is 35.1 Å². The van der Waals surface area contributed by atoms with E-state index in [9.17, 15) is 0 Å². The maximum Gasteiger partial charge on any atom is 0.0431 e. The van der Waals surface area contributed by atoms with Gasteiger partial charge in [-0.1, -0.05) is 374 Å². The van der Waals surface area contributed by atoms with E-state index < -0.39 is 0 Å². The van der Waals surface area contributed by atoms with E-state index in [-0.39, 0.29) is 0 Å². The number of aliphatic hydroxyl groups is 3. The Morgan fingerprint density at radius 1 is 0.119 bits per heavy atom. The Morgan fingerprint density at radius 2 is 0.194 bits per heavy atom. The first-order valence-corrected chi connectivity index (χ1v) is 32.1. The molecule has 0 bridgehead atoms.